The first-order valence-electron chi connectivity index (χ1n) is 7.89. The fraction of sp³-hybridized carbons (Fsp3) is 0.182. The Hall–Kier alpha value is -2.34. The third kappa shape index (κ3) is 1.77. The van der Waals surface area contributed by atoms with Gasteiger partial charge in [-0.1, -0.05) is 74.5 Å². The summed E-state index contributed by atoms with van der Waals surface area (Å²) in [7, 11) is 0. The van der Waals surface area contributed by atoms with Gasteiger partial charge in [0.25, 0.3) is 0 Å². The highest BCUT2D eigenvalue weighted by molar-refractivity contribution is 5.85. The molecule has 0 saturated carbocycles. The molecule has 0 heteroatoms. The van der Waals surface area contributed by atoms with Crippen LogP contribution in [0.1, 0.15) is 30.5 Å². The predicted octanol–water partition coefficient (Wildman–Crippen LogP) is 5.97. The molecule has 0 amide bonds. The van der Waals surface area contributed by atoms with Gasteiger partial charge in [0.2, 0.25) is 0 Å². The van der Waals surface area contributed by atoms with Crippen molar-refractivity contribution in [1.29, 1.82) is 0 Å². The molecule has 3 aromatic carbocycles. The van der Waals surface area contributed by atoms with Gasteiger partial charge in [0, 0.05) is 5.41 Å². The van der Waals surface area contributed by atoms with Crippen molar-refractivity contribution >= 4 is 0 Å². The van der Waals surface area contributed by atoms with Crippen LogP contribution in [0.5, 0.6) is 0 Å². The lowest BCUT2D eigenvalue weighted by molar-refractivity contribution is 0.660. The van der Waals surface area contributed by atoms with E-state index in [0.717, 1.165) is 0 Å². The zero-order valence-corrected chi connectivity index (χ0v) is 13.4. The summed E-state index contributed by atoms with van der Waals surface area (Å²) < 4.78 is 0. The van der Waals surface area contributed by atoms with Gasteiger partial charge >= 0.3 is 0 Å². The van der Waals surface area contributed by atoms with E-state index in [2.05, 4.69) is 87.5 Å². The number of fused-ring (bicyclic) bond motifs is 3. The van der Waals surface area contributed by atoms with Gasteiger partial charge in [-0.3, -0.25) is 0 Å². The molecule has 0 fully saturated rings. The second kappa shape index (κ2) is 4.58. The van der Waals surface area contributed by atoms with Crippen molar-refractivity contribution in [1.82, 2.24) is 0 Å². The molecule has 1 aliphatic rings. The number of rotatable bonds is 1. The van der Waals surface area contributed by atoms with Gasteiger partial charge in [-0.15, -0.1) is 0 Å². The van der Waals surface area contributed by atoms with Gasteiger partial charge in [-0.05, 0) is 51.9 Å². The van der Waals surface area contributed by atoms with Crippen LogP contribution in [-0.4, -0.2) is 0 Å². The second-order valence-electron chi connectivity index (χ2n) is 6.75. The van der Waals surface area contributed by atoms with Gasteiger partial charge in [0.1, 0.15) is 0 Å². The van der Waals surface area contributed by atoms with Gasteiger partial charge < -0.3 is 0 Å². The Morgan fingerprint density at radius 1 is 0.636 bits per heavy atom. The van der Waals surface area contributed by atoms with Crippen molar-refractivity contribution in [2.24, 2.45) is 0 Å². The largest absolute Gasteiger partial charge is 0.0622 e. The Bertz CT molecular complexity index is 854. The van der Waals surface area contributed by atoms with Crippen molar-refractivity contribution in [3.05, 3.63) is 83.4 Å². The average Bonchev–Trinajstić information content (AvgIpc) is 2.76. The molecule has 0 atom stereocenters. The maximum absolute atomic E-state index is 2.39. The standard InChI is InChI=1S/C22H20/c1-15-13-21-19(14-18(15)16-9-5-4-6-10-16)17-11-7-8-12-20(17)22(21,2)3/h4-14H,1-3H3. The first-order chi connectivity index (χ1) is 10.6. The van der Waals surface area contributed by atoms with E-state index in [9.17, 15) is 0 Å². The third-order valence-corrected chi connectivity index (χ3v) is 5.01. The molecule has 108 valence electrons. The molecule has 3 aromatic rings. The summed E-state index contributed by atoms with van der Waals surface area (Å²) in [5.74, 6) is 0. The minimum absolute atomic E-state index is 0.0892. The van der Waals surface area contributed by atoms with Crippen LogP contribution in [0.3, 0.4) is 0 Å². The zero-order chi connectivity index (χ0) is 15.3. The average molecular weight is 284 g/mol. The molecule has 0 unspecified atom stereocenters. The summed E-state index contributed by atoms with van der Waals surface area (Å²) in [6, 6.07) is 24.3. The van der Waals surface area contributed by atoms with E-state index in [1.807, 2.05) is 0 Å². The van der Waals surface area contributed by atoms with Crippen LogP contribution in [0.4, 0.5) is 0 Å². The molecule has 0 aliphatic heterocycles. The lowest BCUT2D eigenvalue weighted by Crippen LogP contribution is -2.15. The summed E-state index contributed by atoms with van der Waals surface area (Å²) in [5.41, 5.74) is 9.75. The van der Waals surface area contributed by atoms with Gasteiger partial charge in [0.15, 0.2) is 0 Å². The van der Waals surface area contributed by atoms with E-state index < -0.39 is 0 Å². The molecule has 4 rings (SSSR count). The van der Waals surface area contributed by atoms with Crippen molar-refractivity contribution in [3.8, 4) is 22.3 Å². The van der Waals surface area contributed by atoms with E-state index >= 15 is 0 Å². The van der Waals surface area contributed by atoms with Crippen LogP contribution in [-0.2, 0) is 5.41 Å². The summed E-state index contributed by atoms with van der Waals surface area (Å²) >= 11 is 0. The summed E-state index contributed by atoms with van der Waals surface area (Å²) in [6.45, 7) is 6.89. The summed E-state index contributed by atoms with van der Waals surface area (Å²) in [4.78, 5) is 0. The second-order valence-corrected chi connectivity index (χ2v) is 6.75. The van der Waals surface area contributed by atoms with Crippen molar-refractivity contribution in [2.75, 3.05) is 0 Å². The molecular weight excluding hydrogens is 264 g/mol. The smallest absolute Gasteiger partial charge is 0.0158 e. The summed E-state index contributed by atoms with van der Waals surface area (Å²) in [5, 5.41) is 0. The van der Waals surface area contributed by atoms with E-state index in [1.165, 1.54) is 38.9 Å². The highest BCUT2D eigenvalue weighted by atomic mass is 14.4. The van der Waals surface area contributed by atoms with Crippen molar-refractivity contribution in [3.63, 3.8) is 0 Å². The fourth-order valence-corrected chi connectivity index (χ4v) is 3.78. The van der Waals surface area contributed by atoms with Crippen LogP contribution in [0, 0.1) is 6.92 Å². The molecule has 0 spiro atoms. The Labute approximate surface area is 132 Å². The normalized spacial score (nSPS) is 14.5. The predicted molar refractivity (Wildman–Crippen MR) is 94.2 cm³/mol. The van der Waals surface area contributed by atoms with E-state index in [-0.39, 0.29) is 5.41 Å². The lowest BCUT2D eigenvalue weighted by Gasteiger charge is -2.22. The molecule has 1 aliphatic carbocycles. The SMILES string of the molecule is Cc1cc2c(cc1-c1ccccc1)-c1ccccc1C2(C)C. The maximum atomic E-state index is 2.39. The lowest BCUT2D eigenvalue weighted by atomic mass is 9.81. The van der Waals surface area contributed by atoms with Crippen LogP contribution in [0.2, 0.25) is 0 Å². The van der Waals surface area contributed by atoms with Crippen molar-refractivity contribution < 1.29 is 0 Å². The molecule has 0 nitrogen and oxygen atoms in total. The highest BCUT2D eigenvalue weighted by Gasteiger charge is 2.35. The zero-order valence-electron chi connectivity index (χ0n) is 13.4. The Balaban J connectivity index is 2.01. The van der Waals surface area contributed by atoms with Gasteiger partial charge in [-0.25, -0.2) is 0 Å². The third-order valence-electron chi connectivity index (χ3n) is 5.01. The van der Waals surface area contributed by atoms with E-state index in [0.29, 0.717) is 0 Å². The molecule has 22 heavy (non-hydrogen) atoms. The summed E-state index contributed by atoms with van der Waals surface area (Å²) in [6.07, 6.45) is 0. The number of hydrogen-bond acceptors (Lipinski definition) is 0. The first-order valence-corrected chi connectivity index (χ1v) is 7.89. The monoisotopic (exact) mass is 284 g/mol. The minimum Gasteiger partial charge on any atom is -0.0622 e. The van der Waals surface area contributed by atoms with Gasteiger partial charge in [0.05, 0.1) is 0 Å². The Morgan fingerprint density at radius 3 is 2.09 bits per heavy atom. The number of aryl methyl sites for hydroxylation is 1. The van der Waals surface area contributed by atoms with Gasteiger partial charge in [-0.2, -0.15) is 0 Å². The van der Waals surface area contributed by atoms with E-state index in [4.69, 9.17) is 0 Å². The van der Waals surface area contributed by atoms with Crippen LogP contribution in [0.25, 0.3) is 22.3 Å². The number of benzene rings is 3. The first kappa shape index (κ1) is 13.3. The number of hydrogen-bond donors (Lipinski definition) is 0. The fourth-order valence-electron chi connectivity index (χ4n) is 3.78. The maximum Gasteiger partial charge on any atom is 0.0158 e. The molecule has 0 saturated heterocycles. The highest BCUT2D eigenvalue weighted by Crippen LogP contribution is 2.50. The van der Waals surface area contributed by atoms with Crippen LogP contribution < -0.4 is 0 Å². The Morgan fingerprint density at radius 2 is 1.32 bits per heavy atom. The molecule has 0 heterocycles. The quantitative estimate of drug-likeness (QED) is 0.516. The van der Waals surface area contributed by atoms with E-state index in [1.54, 1.807) is 0 Å². The van der Waals surface area contributed by atoms with Crippen molar-refractivity contribution in [2.45, 2.75) is 26.2 Å². The molecule has 0 radical (unpaired) electrons. The molecule has 0 bridgehead atoms. The topological polar surface area (TPSA) is 0 Å². The molecule has 0 aromatic heterocycles. The minimum atomic E-state index is 0.0892. The molecular formula is C22H20. The van der Waals surface area contributed by atoms with Crippen LogP contribution in [0.15, 0.2) is 66.7 Å². The Kier molecular flexibility index (Phi) is 2.77. The molecule has 0 N–H and O–H groups in total. The van der Waals surface area contributed by atoms with Crippen LogP contribution >= 0.6 is 0 Å².